The van der Waals surface area contributed by atoms with Gasteiger partial charge >= 0.3 is 0 Å². The zero-order chi connectivity index (χ0) is 14.2. The maximum Gasteiger partial charge on any atom is 0.0238 e. The predicted molar refractivity (Wildman–Crippen MR) is 90.5 cm³/mol. The Morgan fingerprint density at radius 3 is 1.85 bits per heavy atom. The zero-order valence-corrected chi connectivity index (χ0v) is 13.8. The van der Waals surface area contributed by atoms with Crippen molar-refractivity contribution in [2.24, 2.45) is 5.92 Å². The second kappa shape index (κ2) is 5.37. The lowest BCUT2D eigenvalue weighted by molar-refractivity contribution is 0.351. The van der Waals surface area contributed by atoms with Gasteiger partial charge in [-0.3, -0.25) is 0 Å². The Bertz CT molecular complexity index is 567. The topological polar surface area (TPSA) is 0 Å². The van der Waals surface area contributed by atoms with E-state index in [2.05, 4.69) is 78.3 Å². The number of alkyl halides is 1. The summed E-state index contributed by atoms with van der Waals surface area (Å²) in [4.78, 5) is 0. The average Bonchev–Trinajstić information content (AvgIpc) is 2.77. The van der Waals surface area contributed by atoms with Crippen LogP contribution in [0.25, 0.3) is 11.1 Å². The fourth-order valence-electron chi connectivity index (χ4n) is 3.88. The predicted octanol–water partition coefficient (Wildman–Crippen LogP) is 5.78. The van der Waals surface area contributed by atoms with Crippen LogP contribution in [0.4, 0.5) is 0 Å². The van der Waals surface area contributed by atoms with Gasteiger partial charge in [0.1, 0.15) is 0 Å². The summed E-state index contributed by atoms with van der Waals surface area (Å²) in [6.07, 6.45) is 2.42. The van der Waals surface area contributed by atoms with E-state index in [4.69, 9.17) is 0 Å². The van der Waals surface area contributed by atoms with E-state index in [1.54, 1.807) is 0 Å². The third kappa shape index (κ3) is 1.87. The number of benzene rings is 2. The van der Waals surface area contributed by atoms with E-state index in [0.717, 1.165) is 5.33 Å². The van der Waals surface area contributed by atoms with Crippen LogP contribution < -0.4 is 0 Å². The Morgan fingerprint density at radius 2 is 1.40 bits per heavy atom. The minimum Gasteiger partial charge on any atom is -0.0928 e. The van der Waals surface area contributed by atoms with Crippen LogP contribution in [0.5, 0.6) is 0 Å². The van der Waals surface area contributed by atoms with Crippen LogP contribution in [0.2, 0.25) is 0 Å². The van der Waals surface area contributed by atoms with Gasteiger partial charge in [-0.2, -0.15) is 0 Å². The van der Waals surface area contributed by atoms with Crippen LogP contribution in [0.15, 0.2) is 48.5 Å². The van der Waals surface area contributed by atoms with Crippen molar-refractivity contribution in [2.45, 2.75) is 32.1 Å². The van der Waals surface area contributed by atoms with Crippen LogP contribution in [0, 0.1) is 5.92 Å². The summed E-state index contributed by atoms with van der Waals surface area (Å²) >= 11 is 3.61. The second-order valence-electron chi connectivity index (χ2n) is 6.01. The molecule has 0 spiro atoms. The smallest absolute Gasteiger partial charge is 0.0238 e. The molecule has 1 heteroatoms. The minimum absolute atomic E-state index is 0.182. The molecule has 2 aromatic carbocycles. The molecule has 1 aliphatic rings. The number of hydrogen-bond acceptors (Lipinski definition) is 0. The van der Waals surface area contributed by atoms with E-state index >= 15 is 0 Å². The van der Waals surface area contributed by atoms with E-state index in [0.29, 0.717) is 5.92 Å². The van der Waals surface area contributed by atoms with Gasteiger partial charge in [-0.15, -0.1) is 0 Å². The Morgan fingerprint density at radius 1 is 0.900 bits per heavy atom. The molecule has 0 unspecified atom stereocenters. The second-order valence-corrected chi connectivity index (χ2v) is 6.80. The van der Waals surface area contributed by atoms with E-state index in [1.165, 1.54) is 35.1 Å². The van der Waals surface area contributed by atoms with Crippen molar-refractivity contribution in [3.05, 3.63) is 59.7 Å². The lowest BCUT2D eigenvalue weighted by Gasteiger charge is -2.36. The van der Waals surface area contributed by atoms with Gasteiger partial charge in [-0.1, -0.05) is 78.3 Å². The van der Waals surface area contributed by atoms with Gasteiger partial charge in [0.2, 0.25) is 0 Å². The molecule has 2 aromatic rings. The molecule has 0 amide bonds. The SMILES string of the molecule is CC(C)C1(CCCBr)c2ccccc2-c2ccccc21. The molecule has 1 aliphatic carbocycles. The number of halogens is 1. The van der Waals surface area contributed by atoms with Gasteiger partial charge in [0.05, 0.1) is 0 Å². The van der Waals surface area contributed by atoms with E-state index in [1.807, 2.05) is 0 Å². The third-order valence-electron chi connectivity index (χ3n) is 4.80. The molecule has 3 rings (SSSR count). The van der Waals surface area contributed by atoms with Crippen molar-refractivity contribution >= 4 is 15.9 Å². The lowest BCUT2D eigenvalue weighted by Crippen LogP contribution is -2.31. The van der Waals surface area contributed by atoms with Crippen LogP contribution in [-0.4, -0.2) is 5.33 Å². The minimum atomic E-state index is 0.182. The Hall–Kier alpha value is -1.08. The van der Waals surface area contributed by atoms with Crippen molar-refractivity contribution in [1.29, 1.82) is 0 Å². The van der Waals surface area contributed by atoms with Crippen LogP contribution in [-0.2, 0) is 5.41 Å². The molecule has 0 fully saturated rings. The molecule has 0 nitrogen and oxygen atoms in total. The summed E-state index contributed by atoms with van der Waals surface area (Å²) < 4.78 is 0. The number of rotatable bonds is 4. The number of hydrogen-bond donors (Lipinski definition) is 0. The first-order valence-corrected chi connectivity index (χ1v) is 8.59. The highest BCUT2D eigenvalue weighted by molar-refractivity contribution is 9.09. The Kier molecular flexibility index (Phi) is 3.72. The highest BCUT2D eigenvalue weighted by atomic mass is 79.9. The largest absolute Gasteiger partial charge is 0.0928 e. The van der Waals surface area contributed by atoms with Crippen LogP contribution in [0.1, 0.15) is 37.8 Å². The molecule has 0 bridgehead atoms. The summed E-state index contributed by atoms with van der Waals surface area (Å²) in [5, 5.41) is 1.08. The standard InChI is InChI=1S/C19H21Br/c1-14(2)19(12-7-13-20)17-10-5-3-8-15(17)16-9-4-6-11-18(16)19/h3-6,8-11,14H,7,12-13H2,1-2H3. The monoisotopic (exact) mass is 328 g/mol. The first-order valence-electron chi connectivity index (χ1n) is 7.47. The summed E-state index contributed by atoms with van der Waals surface area (Å²) in [6, 6.07) is 17.9. The van der Waals surface area contributed by atoms with Crippen molar-refractivity contribution in [3.8, 4) is 11.1 Å². The first kappa shape index (κ1) is 13.9. The van der Waals surface area contributed by atoms with Gasteiger partial charge in [-0.25, -0.2) is 0 Å². The van der Waals surface area contributed by atoms with Crippen molar-refractivity contribution in [2.75, 3.05) is 5.33 Å². The fraction of sp³-hybridized carbons (Fsp3) is 0.368. The molecule has 0 saturated heterocycles. The van der Waals surface area contributed by atoms with Gasteiger partial charge in [0.25, 0.3) is 0 Å². The molecule has 20 heavy (non-hydrogen) atoms. The quantitative estimate of drug-likeness (QED) is 0.623. The summed E-state index contributed by atoms with van der Waals surface area (Å²) in [6.45, 7) is 4.74. The molecule has 0 saturated carbocycles. The van der Waals surface area contributed by atoms with Gasteiger partial charge in [-0.05, 0) is 41.0 Å². The molecule has 0 atom stereocenters. The van der Waals surface area contributed by atoms with Crippen molar-refractivity contribution in [1.82, 2.24) is 0 Å². The van der Waals surface area contributed by atoms with Crippen LogP contribution >= 0.6 is 15.9 Å². The van der Waals surface area contributed by atoms with E-state index < -0.39 is 0 Å². The molecule has 0 aromatic heterocycles. The summed E-state index contributed by atoms with van der Waals surface area (Å²) in [5.41, 5.74) is 6.10. The van der Waals surface area contributed by atoms with Crippen LogP contribution in [0.3, 0.4) is 0 Å². The molecule has 104 valence electrons. The third-order valence-corrected chi connectivity index (χ3v) is 5.36. The molecule has 0 aliphatic heterocycles. The maximum absolute atomic E-state index is 3.61. The van der Waals surface area contributed by atoms with E-state index in [-0.39, 0.29) is 5.41 Å². The molecule has 0 heterocycles. The first-order chi connectivity index (χ1) is 9.71. The molecular formula is C19H21Br. The number of fused-ring (bicyclic) bond motifs is 3. The lowest BCUT2D eigenvalue weighted by atomic mass is 9.67. The van der Waals surface area contributed by atoms with Gasteiger partial charge in [0.15, 0.2) is 0 Å². The molecule has 0 radical (unpaired) electrons. The summed E-state index contributed by atoms with van der Waals surface area (Å²) in [5.74, 6) is 0.603. The molecular weight excluding hydrogens is 308 g/mol. The van der Waals surface area contributed by atoms with Gasteiger partial charge < -0.3 is 0 Å². The molecule has 0 N–H and O–H groups in total. The van der Waals surface area contributed by atoms with Crippen molar-refractivity contribution in [3.63, 3.8) is 0 Å². The highest BCUT2D eigenvalue weighted by Crippen LogP contribution is 2.54. The normalized spacial score (nSPS) is 15.2. The zero-order valence-electron chi connectivity index (χ0n) is 12.2. The maximum atomic E-state index is 3.61. The highest BCUT2D eigenvalue weighted by Gasteiger charge is 2.44. The summed E-state index contributed by atoms with van der Waals surface area (Å²) in [7, 11) is 0. The Labute approximate surface area is 130 Å². The van der Waals surface area contributed by atoms with Crippen molar-refractivity contribution < 1.29 is 0 Å². The van der Waals surface area contributed by atoms with Gasteiger partial charge in [0, 0.05) is 10.7 Å². The Balaban J connectivity index is 2.27. The average molecular weight is 329 g/mol. The van der Waals surface area contributed by atoms with E-state index in [9.17, 15) is 0 Å². The fourth-order valence-corrected chi connectivity index (χ4v) is 4.17.